The van der Waals surface area contributed by atoms with E-state index in [9.17, 15) is 9.90 Å². The second kappa shape index (κ2) is 6.73. The van der Waals surface area contributed by atoms with Crippen LogP contribution in [0.5, 0.6) is 0 Å². The Kier molecular flexibility index (Phi) is 4.65. The van der Waals surface area contributed by atoms with E-state index in [1.807, 2.05) is 30.0 Å². The van der Waals surface area contributed by atoms with Gasteiger partial charge >= 0.3 is 0 Å². The summed E-state index contributed by atoms with van der Waals surface area (Å²) in [5.74, 6) is 6.38. The number of hydrogen-bond acceptors (Lipinski definition) is 4. The fourth-order valence-corrected chi connectivity index (χ4v) is 2.97. The molecule has 0 radical (unpaired) electrons. The van der Waals surface area contributed by atoms with E-state index in [-0.39, 0.29) is 11.9 Å². The number of aromatic nitrogens is 1. The maximum Gasteiger partial charge on any atom is 0.254 e. The lowest BCUT2D eigenvalue weighted by atomic mass is 10.1. The highest BCUT2D eigenvalue weighted by molar-refractivity contribution is 5.95. The number of nitrogens with zero attached hydrogens (tertiary/aromatic N) is 2. The van der Waals surface area contributed by atoms with Crippen molar-refractivity contribution in [1.29, 1.82) is 0 Å². The van der Waals surface area contributed by atoms with Gasteiger partial charge in [-0.15, -0.1) is 0 Å². The molecule has 1 atom stereocenters. The molecular weight excluding hydrogens is 316 g/mol. The maximum absolute atomic E-state index is 13.0. The molecule has 2 heterocycles. The Morgan fingerprint density at radius 1 is 1.40 bits per heavy atom. The number of likely N-dealkylation sites (tertiary alicyclic amines) is 1. The third-order valence-corrected chi connectivity index (χ3v) is 4.11. The summed E-state index contributed by atoms with van der Waals surface area (Å²) in [6.45, 7) is 5.83. The first-order valence-electron chi connectivity index (χ1n) is 8.43. The van der Waals surface area contributed by atoms with Gasteiger partial charge in [-0.05, 0) is 51.8 Å². The number of rotatable bonds is 2. The zero-order chi connectivity index (χ0) is 18.0. The van der Waals surface area contributed by atoms with Crippen LogP contribution in [0.4, 0.5) is 0 Å². The van der Waals surface area contributed by atoms with Gasteiger partial charge in [0.1, 0.15) is 5.60 Å². The van der Waals surface area contributed by atoms with Crippen molar-refractivity contribution < 1.29 is 14.4 Å². The van der Waals surface area contributed by atoms with Crippen molar-refractivity contribution >= 4 is 5.91 Å². The van der Waals surface area contributed by atoms with Crippen LogP contribution < -0.4 is 0 Å². The van der Waals surface area contributed by atoms with Crippen molar-refractivity contribution in [3.05, 3.63) is 52.9 Å². The lowest BCUT2D eigenvalue weighted by Crippen LogP contribution is -2.30. The van der Waals surface area contributed by atoms with Gasteiger partial charge in [-0.3, -0.25) is 4.79 Å². The third kappa shape index (κ3) is 4.09. The number of benzene rings is 1. The lowest BCUT2D eigenvalue weighted by molar-refractivity contribution is 0.0714. The molecule has 0 aliphatic carbocycles. The summed E-state index contributed by atoms with van der Waals surface area (Å²) >= 11 is 0. The Morgan fingerprint density at radius 3 is 2.88 bits per heavy atom. The van der Waals surface area contributed by atoms with E-state index in [1.165, 1.54) is 0 Å². The van der Waals surface area contributed by atoms with Gasteiger partial charge in [0.2, 0.25) is 0 Å². The molecule has 0 spiro atoms. The topological polar surface area (TPSA) is 66.6 Å². The van der Waals surface area contributed by atoms with Gasteiger partial charge in [-0.2, -0.15) is 0 Å². The Morgan fingerprint density at radius 2 is 2.20 bits per heavy atom. The van der Waals surface area contributed by atoms with Crippen LogP contribution in [-0.2, 0) is 0 Å². The fraction of sp³-hybridized carbons (Fsp3) is 0.400. The molecule has 130 valence electrons. The molecule has 3 rings (SSSR count). The Bertz CT molecular complexity index is 836. The number of amides is 1. The molecule has 0 bridgehead atoms. The minimum absolute atomic E-state index is 0.0385. The van der Waals surface area contributed by atoms with Gasteiger partial charge in [0.15, 0.2) is 5.76 Å². The van der Waals surface area contributed by atoms with E-state index in [4.69, 9.17) is 4.52 Å². The van der Waals surface area contributed by atoms with Crippen LogP contribution in [0.1, 0.15) is 60.1 Å². The van der Waals surface area contributed by atoms with Gasteiger partial charge in [0.05, 0.1) is 11.7 Å². The monoisotopic (exact) mass is 338 g/mol. The fourth-order valence-electron chi connectivity index (χ4n) is 2.97. The summed E-state index contributed by atoms with van der Waals surface area (Å²) in [6, 6.07) is 9.02. The maximum atomic E-state index is 13.0. The van der Waals surface area contributed by atoms with Gasteiger partial charge in [-0.25, -0.2) is 0 Å². The number of carbonyl (C=O) groups excluding carboxylic acids is 1. The number of carbonyl (C=O) groups is 1. The van der Waals surface area contributed by atoms with Crippen LogP contribution in [0, 0.1) is 18.8 Å². The summed E-state index contributed by atoms with van der Waals surface area (Å²) < 4.78 is 5.37. The van der Waals surface area contributed by atoms with Crippen LogP contribution in [0.25, 0.3) is 0 Å². The molecule has 25 heavy (non-hydrogen) atoms. The van der Waals surface area contributed by atoms with Gasteiger partial charge < -0.3 is 14.5 Å². The average molecular weight is 338 g/mol. The molecule has 1 unspecified atom stereocenters. The van der Waals surface area contributed by atoms with Crippen molar-refractivity contribution in [2.75, 3.05) is 6.54 Å². The molecule has 1 aromatic carbocycles. The lowest BCUT2D eigenvalue weighted by Gasteiger charge is -2.22. The van der Waals surface area contributed by atoms with Crippen LogP contribution in [0.3, 0.4) is 0 Å². The van der Waals surface area contributed by atoms with Crippen LogP contribution in [-0.4, -0.2) is 33.2 Å². The first-order valence-corrected chi connectivity index (χ1v) is 8.43. The number of aryl methyl sites for hydroxylation is 1. The summed E-state index contributed by atoms with van der Waals surface area (Å²) in [5.41, 5.74) is 1.05. The molecule has 0 saturated carbocycles. The zero-order valence-corrected chi connectivity index (χ0v) is 14.7. The SMILES string of the molecule is Cc1cc(C2CCCN2C(=O)c2cccc(C#CC(C)(C)O)c2)on1. The zero-order valence-electron chi connectivity index (χ0n) is 14.7. The molecule has 1 N–H and O–H groups in total. The minimum Gasteiger partial charge on any atom is -0.378 e. The summed E-state index contributed by atoms with van der Waals surface area (Å²) in [5, 5.41) is 13.7. The summed E-state index contributed by atoms with van der Waals surface area (Å²) in [7, 11) is 0. The van der Waals surface area contributed by atoms with E-state index in [0.29, 0.717) is 17.7 Å². The van der Waals surface area contributed by atoms with E-state index < -0.39 is 5.60 Å². The molecule has 1 aliphatic heterocycles. The smallest absolute Gasteiger partial charge is 0.254 e. The molecule has 1 aliphatic rings. The molecule has 1 saturated heterocycles. The van der Waals surface area contributed by atoms with Crippen molar-refractivity contribution in [2.24, 2.45) is 0 Å². The second-order valence-electron chi connectivity index (χ2n) is 6.92. The molecule has 1 fully saturated rings. The molecule has 1 amide bonds. The van der Waals surface area contributed by atoms with Gasteiger partial charge in [-0.1, -0.05) is 23.1 Å². The first kappa shape index (κ1) is 17.2. The molecule has 5 heteroatoms. The first-order chi connectivity index (χ1) is 11.8. The Labute approximate surface area is 147 Å². The van der Waals surface area contributed by atoms with Gasteiger partial charge in [0.25, 0.3) is 5.91 Å². The molecule has 2 aromatic rings. The summed E-state index contributed by atoms with van der Waals surface area (Å²) in [6.07, 6.45) is 1.81. The Hall–Kier alpha value is -2.58. The van der Waals surface area contributed by atoms with E-state index in [0.717, 1.165) is 24.3 Å². The van der Waals surface area contributed by atoms with Crippen LogP contribution in [0.15, 0.2) is 34.9 Å². The quantitative estimate of drug-likeness (QED) is 0.855. The van der Waals surface area contributed by atoms with Crippen molar-refractivity contribution in [1.82, 2.24) is 10.1 Å². The highest BCUT2D eigenvalue weighted by Crippen LogP contribution is 2.33. The van der Waals surface area contributed by atoms with E-state index >= 15 is 0 Å². The standard InChI is InChI=1S/C20H22N2O3/c1-14-12-18(25-21-14)17-8-5-11-22(17)19(23)16-7-4-6-15(13-16)9-10-20(2,3)24/h4,6-7,12-13,17,24H,5,8,11H2,1-3H3. The molecule has 1 aromatic heterocycles. The van der Waals surface area contributed by atoms with E-state index in [2.05, 4.69) is 17.0 Å². The normalized spacial score (nSPS) is 17.3. The minimum atomic E-state index is -1.07. The molecule has 5 nitrogen and oxygen atoms in total. The van der Waals surface area contributed by atoms with Crippen LogP contribution >= 0.6 is 0 Å². The van der Waals surface area contributed by atoms with Crippen molar-refractivity contribution in [3.8, 4) is 11.8 Å². The average Bonchev–Trinajstić information content (AvgIpc) is 3.20. The second-order valence-corrected chi connectivity index (χ2v) is 6.92. The molecular formula is C20H22N2O3. The number of hydrogen-bond donors (Lipinski definition) is 1. The highest BCUT2D eigenvalue weighted by Gasteiger charge is 2.33. The van der Waals surface area contributed by atoms with E-state index in [1.54, 1.807) is 26.0 Å². The largest absolute Gasteiger partial charge is 0.378 e. The van der Waals surface area contributed by atoms with Gasteiger partial charge in [0, 0.05) is 23.7 Å². The van der Waals surface area contributed by atoms with Crippen molar-refractivity contribution in [3.63, 3.8) is 0 Å². The summed E-state index contributed by atoms with van der Waals surface area (Å²) in [4.78, 5) is 14.8. The predicted molar refractivity (Wildman–Crippen MR) is 93.9 cm³/mol. The predicted octanol–water partition coefficient (Wildman–Crippen LogP) is 3.08. The van der Waals surface area contributed by atoms with Crippen LogP contribution in [0.2, 0.25) is 0 Å². The van der Waals surface area contributed by atoms with Crippen molar-refractivity contribution in [2.45, 2.75) is 45.3 Å². The third-order valence-electron chi connectivity index (χ3n) is 4.11. The number of aliphatic hydroxyl groups is 1. The Balaban J connectivity index is 1.83. The highest BCUT2D eigenvalue weighted by atomic mass is 16.5.